The Balaban J connectivity index is 2.69. The minimum Gasteiger partial charge on any atom is -0.393 e. The van der Waals surface area contributed by atoms with Crippen LogP contribution in [0.25, 0.3) is 0 Å². The zero-order valence-electron chi connectivity index (χ0n) is 12.1. The molecule has 1 aromatic rings. The van der Waals surface area contributed by atoms with Gasteiger partial charge in [-0.3, -0.25) is 9.59 Å². The first-order chi connectivity index (χ1) is 8.93. The van der Waals surface area contributed by atoms with Gasteiger partial charge in [-0.25, -0.2) is 0 Å². The van der Waals surface area contributed by atoms with Gasteiger partial charge in [-0.05, 0) is 30.4 Å². The van der Waals surface area contributed by atoms with E-state index in [-0.39, 0.29) is 6.42 Å². The summed E-state index contributed by atoms with van der Waals surface area (Å²) in [4.78, 5) is 22.8. The normalized spacial score (nSPS) is 12.3. The minimum atomic E-state index is -0.483. The van der Waals surface area contributed by atoms with Gasteiger partial charge in [0.2, 0.25) is 0 Å². The van der Waals surface area contributed by atoms with Crippen LogP contribution in [0.15, 0.2) is 24.3 Å². The van der Waals surface area contributed by atoms with Crippen LogP contribution in [-0.2, 0) is 20.7 Å². The third-order valence-electron chi connectivity index (χ3n) is 2.98. The van der Waals surface area contributed by atoms with Crippen molar-refractivity contribution in [1.29, 1.82) is 0 Å². The summed E-state index contributed by atoms with van der Waals surface area (Å²) in [5.41, 5.74) is 2.13. The van der Waals surface area contributed by atoms with Crippen molar-refractivity contribution >= 4 is 11.9 Å². The molecule has 0 fully saturated rings. The molecule has 0 aliphatic carbocycles. The minimum absolute atomic E-state index is 0.214. The van der Waals surface area contributed by atoms with Crippen LogP contribution in [0.5, 0.6) is 0 Å². The van der Waals surface area contributed by atoms with Gasteiger partial charge in [-0.15, -0.1) is 0 Å². The maximum absolute atomic E-state index is 11.7. The number of carbonyl (C=O) groups excluding carboxylic acids is 2. The van der Waals surface area contributed by atoms with Crippen molar-refractivity contribution in [3.05, 3.63) is 35.4 Å². The average molecular weight is 262 g/mol. The lowest BCUT2D eigenvalue weighted by atomic mass is 9.97. The summed E-state index contributed by atoms with van der Waals surface area (Å²) in [6.07, 6.45) is 1.24. The lowest BCUT2D eigenvalue weighted by molar-refractivity contribution is -0.160. The first-order valence-corrected chi connectivity index (χ1v) is 6.77. The summed E-state index contributed by atoms with van der Waals surface area (Å²) in [7, 11) is 0. The molecule has 1 atom stereocenters. The summed E-state index contributed by atoms with van der Waals surface area (Å²) in [5, 5.41) is 0. The van der Waals surface area contributed by atoms with Crippen LogP contribution < -0.4 is 0 Å². The topological polar surface area (TPSA) is 43.4 Å². The van der Waals surface area contributed by atoms with E-state index in [1.54, 1.807) is 13.8 Å². The Labute approximate surface area is 115 Å². The molecule has 0 saturated carbocycles. The van der Waals surface area contributed by atoms with Crippen LogP contribution in [0.4, 0.5) is 0 Å². The molecule has 0 aromatic heterocycles. The van der Waals surface area contributed by atoms with Crippen LogP contribution >= 0.6 is 0 Å². The predicted molar refractivity (Wildman–Crippen MR) is 74.8 cm³/mol. The molecule has 1 rings (SSSR count). The highest BCUT2D eigenvalue weighted by molar-refractivity contribution is 5.89. The van der Waals surface area contributed by atoms with Crippen LogP contribution in [0.3, 0.4) is 0 Å². The molecular formula is C16H22O3. The van der Waals surface area contributed by atoms with E-state index in [0.717, 1.165) is 12.0 Å². The van der Waals surface area contributed by atoms with Crippen molar-refractivity contribution in [2.45, 2.75) is 46.5 Å². The number of carbonyl (C=O) groups is 2. The number of hydrogen-bond donors (Lipinski definition) is 0. The summed E-state index contributed by atoms with van der Waals surface area (Å²) in [6.45, 7) is 7.76. The lowest BCUT2D eigenvalue weighted by Gasteiger charge is -2.11. The first kappa shape index (κ1) is 15.4. The second kappa shape index (κ2) is 7.07. The molecule has 0 heterocycles. The fourth-order valence-electron chi connectivity index (χ4n) is 1.82. The Morgan fingerprint density at radius 1 is 1.11 bits per heavy atom. The van der Waals surface area contributed by atoms with Crippen molar-refractivity contribution in [2.24, 2.45) is 5.92 Å². The van der Waals surface area contributed by atoms with E-state index in [9.17, 15) is 9.59 Å². The van der Waals surface area contributed by atoms with Crippen molar-refractivity contribution in [3.63, 3.8) is 0 Å². The molecule has 1 unspecified atom stereocenters. The lowest BCUT2D eigenvalue weighted by Crippen LogP contribution is -2.17. The smallest absolute Gasteiger partial charge is 0.320 e. The van der Waals surface area contributed by atoms with Gasteiger partial charge in [0.15, 0.2) is 0 Å². The van der Waals surface area contributed by atoms with Crippen LogP contribution in [0, 0.1) is 5.92 Å². The summed E-state index contributed by atoms with van der Waals surface area (Å²) < 4.78 is 4.73. The quantitative estimate of drug-likeness (QED) is 0.603. The Morgan fingerprint density at radius 3 is 2.16 bits per heavy atom. The molecule has 0 spiro atoms. The molecule has 3 heteroatoms. The second-order valence-electron chi connectivity index (χ2n) is 5.21. The van der Waals surface area contributed by atoms with Gasteiger partial charge in [0.1, 0.15) is 0 Å². The number of rotatable bonds is 5. The van der Waals surface area contributed by atoms with Gasteiger partial charge in [-0.1, -0.05) is 45.0 Å². The van der Waals surface area contributed by atoms with E-state index in [0.29, 0.717) is 5.92 Å². The largest absolute Gasteiger partial charge is 0.393 e. The van der Waals surface area contributed by atoms with Crippen molar-refractivity contribution in [2.75, 3.05) is 0 Å². The highest BCUT2D eigenvalue weighted by atomic mass is 16.6. The highest BCUT2D eigenvalue weighted by Gasteiger charge is 2.19. The number of esters is 2. The van der Waals surface area contributed by atoms with Gasteiger partial charge in [0.25, 0.3) is 0 Å². The fourth-order valence-corrected chi connectivity index (χ4v) is 1.82. The molecule has 19 heavy (non-hydrogen) atoms. The van der Waals surface area contributed by atoms with E-state index in [1.165, 1.54) is 5.56 Å². The van der Waals surface area contributed by atoms with Gasteiger partial charge in [0, 0.05) is 6.42 Å². The summed E-state index contributed by atoms with van der Waals surface area (Å²) in [6, 6.07) is 7.92. The van der Waals surface area contributed by atoms with E-state index >= 15 is 0 Å². The van der Waals surface area contributed by atoms with Gasteiger partial charge >= 0.3 is 11.9 Å². The summed E-state index contributed by atoms with van der Waals surface area (Å²) in [5.74, 6) is -0.768. The molecule has 104 valence electrons. The molecule has 3 nitrogen and oxygen atoms in total. The zero-order valence-corrected chi connectivity index (χ0v) is 12.1. The van der Waals surface area contributed by atoms with Crippen LogP contribution in [0.2, 0.25) is 0 Å². The number of benzene rings is 1. The molecule has 1 aromatic carbocycles. The molecule has 0 N–H and O–H groups in total. The fraction of sp³-hybridized carbons (Fsp3) is 0.500. The molecule has 0 aliphatic rings. The average Bonchev–Trinajstić information content (AvgIpc) is 2.37. The van der Waals surface area contributed by atoms with Crippen molar-refractivity contribution < 1.29 is 14.3 Å². The highest BCUT2D eigenvalue weighted by Crippen LogP contribution is 2.19. The predicted octanol–water partition coefficient (Wildman–Crippen LogP) is 3.47. The van der Waals surface area contributed by atoms with Crippen molar-refractivity contribution in [3.8, 4) is 0 Å². The maximum atomic E-state index is 11.7. The molecule has 0 bridgehead atoms. The van der Waals surface area contributed by atoms with Gasteiger partial charge < -0.3 is 4.74 Å². The number of ether oxygens (including phenoxy) is 1. The van der Waals surface area contributed by atoms with E-state index < -0.39 is 17.9 Å². The Morgan fingerprint density at radius 2 is 1.68 bits per heavy atom. The molecular weight excluding hydrogens is 240 g/mol. The Hall–Kier alpha value is -1.64. The standard InChI is InChI=1S/C16H22O3/c1-5-15(17)19-16(18)12(4)14-8-6-13(7-9-14)10-11(2)3/h6-9,11-12H,5,10H2,1-4H3. The van der Waals surface area contributed by atoms with Crippen LogP contribution in [-0.4, -0.2) is 11.9 Å². The third kappa shape index (κ3) is 4.86. The van der Waals surface area contributed by atoms with Gasteiger partial charge in [0.05, 0.1) is 5.92 Å². The Bertz CT molecular complexity index is 432. The third-order valence-corrected chi connectivity index (χ3v) is 2.98. The SMILES string of the molecule is CCC(=O)OC(=O)C(C)c1ccc(CC(C)C)cc1. The molecule has 0 amide bonds. The monoisotopic (exact) mass is 262 g/mol. The number of hydrogen-bond acceptors (Lipinski definition) is 3. The van der Waals surface area contributed by atoms with Crippen LogP contribution in [0.1, 0.15) is 51.2 Å². The summed E-state index contributed by atoms with van der Waals surface area (Å²) >= 11 is 0. The zero-order chi connectivity index (χ0) is 14.4. The second-order valence-corrected chi connectivity index (χ2v) is 5.21. The van der Waals surface area contributed by atoms with E-state index in [2.05, 4.69) is 13.8 Å². The molecule has 0 aliphatic heterocycles. The molecule has 0 radical (unpaired) electrons. The van der Waals surface area contributed by atoms with Crippen molar-refractivity contribution in [1.82, 2.24) is 0 Å². The maximum Gasteiger partial charge on any atom is 0.320 e. The van der Waals surface area contributed by atoms with E-state index in [1.807, 2.05) is 24.3 Å². The Kier molecular flexibility index (Phi) is 5.74. The van der Waals surface area contributed by atoms with Gasteiger partial charge in [-0.2, -0.15) is 0 Å². The van der Waals surface area contributed by atoms with E-state index in [4.69, 9.17) is 4.74 Å². The first-order valence-electron chi connectivity index (χ1n) is 6.77. The molecule has 0 saturated heterocycles.